The number of aliphatic carboxylic acids is 2. The summed E-state index contributed by atoms with van der Waals surface area (Å²) >= 11 is 3.66. The first-order valence-electron chi connectivity index (χ1n) is 2.45. The molecule has 0 fully saturated rings. The van der Waals surface area contributed by atoms with Gasteiger partial charge < -0.3 is 31.3 Å². The predicted molar refractivity (Wildman–Crippen MR) is 34.0 cm³/mol. The van der Waals surface area contributed by atoms with Gasteiger partial charge in [-0.3, -0.25) is 0 Å². The molecule has 0 aromatic heterocycles. The molecule has 0 aliphatic heterocycles. The van der Waals surface area contributed by atoms with Gasteiger partial charge in [0.05, 0.1) is 11.9 Å². The summed E-state index contributed by atoms with van der Waals surface area (Å²) in [7, 11) is 4.20. The van der Waals surface area contributed by atoms with Crippen molar-refractivity contribution in [3.05, 3.63) is 0 Å². The standard InChI is InChI=1S/2C2H5NO2.ClH.2Cu.Na/c2*3-1-2(4)5;;;;/h2*1,3H2,(H,4,5);1H;;;/q;;;;2*+1/p-3. The van der Waals surface area contributed by atoms with Crippen molar-refractivity contribution in [2.45, 2.75) is 0 Å². The van der Waals surface area contributed by atoms with E-state index in [4.69, 9.17) is 19.8 Å². The molecule has 0 amide bonds. The molecule has 0 spiro atoms. The van der Waals surface area contributed by atoms with Gasteiger partial charge in [-0.15, -0.1) is 0 Å². The Bertz CT molecular complexity index is 118. The average molecular weight is 334 g/mol. The van der Waals surface area contributed by atoms with Gasteiger partial charge in [0.2, 0.25) is 0 Å². The van der Waals surface area contributed by atoms with E-state index < -0.39 is 11.9 Å². The van der Waals surface area contributed by atoms with Crippen LogP contribution in [0.5, 0.6) is 0 Å². The number of carbonyl (C=O) groups excluding carboxylic acids is 2. The van der Waals surface area contributed by atoms with Gasteiger partial charge in [0.25, 0.3) is 0 Å². The fourth-order valence-electron chi connectivity index (χ4n) is 0. The van der Waals surface area contributed by atoms with Gasteiger partial charge >= 0.3 is 54.8 Å². The minimum atomic E-state index is -1.22. The van der Waals surface area contributed by atoms with Crippen molar-refractivity contribution < 1.29 is 81.5 Å². The van der Waals surface area contributed by atoms with Gasteiger partial charge in [-0.25, -0.2) is 0 Å². The third-order valence-electron chi connectivity index (χ3n) is 0.333. The summed E-state index contributed by atoms with van der Waals surface area (Å²) in [4.78, 5) is 18.3. The van der Waals surface area contributed by atoms with Gasteiger partial charge in [-0.05, 0) is 0 Å². The van der Waals surface area contributed by atoms with Crippen LogP contribution >= 0.6 is 10.1 Å². The zero-order chi connectivity index (χ0) is 10.6. The third-order valence-corrected chi connectivity index (χ3v) is 0.333. The maximum absolute atomic E-state index is 9.13. The van der Waals surface area contributed by atoms with E-state index in [2.05, 4.69) is 36.7 Å². The number of carbonyl (C=O) groups is 2. The largest absolute Gasteiger partial charge is 1.00 e. The summed E-state index contributed by atoms with van der Waals surface area (Å²) in [6.07, 6.45) is 0. The van der Waals surface area contributed by atoms with Crippen LogP contribution in [0.3, 0.4) is 0 Å². The first kappa shape index (κ1) is 29.5. The average Bonchev–Trinajstić information content (AvgIpc) is 2.09. The Balaban J connectivity index is -0.0000000292. The van der Waals surface area contributed by atoms with Crippen LogP contribution < -0.4 is 51.2 Å². The molecule has 0 unspecified atom stereocenters. The molecule has 4 N–H and O–H groups in total. The summed E-state index contributed by atoms with van der Waals surface area (Å²) < 4.78 is 0. The number of nitrogens with two attached hydrogens (primary N) is 2. The Morgan fingerprint density at radius 3 is 1.14 bits per heavy atom. The zero-order valence-corrected chi connectivity index (χ0v) is 11.8. The molecule has 0 saturated heterocycles. The van der Waals surface area contributed by atoms with E-state index in [0.717, 1.165) is 0 Å². The molecule has 10 heteroatoms. The van der Waals surface area contributed by atoms with Crippen LogP contribution in [0.4, 0.5) is 0 Å². The summed E-state index contributed by atoms with van der Waals surface area (Å²) in [5, 5.41) is 18.3. The minimum absolute atomic E-state index is 0. The third kappa shape index (κ3) is 72.8. The second-order valence-electron chi connectivity index (χ2n) is 1.15. The molecule has 0 atom stereocenters. The number of rotatable bonds is 2. The summed E-state index contributed by atoms with van der Waals surface area (Å²) in [5.74, 6) is -2.44. The number of halogens is 1. The molecule has 0 aliphatic rings. The zero-order valence-electron chi connectivity index (χ0n) is 7.18. The second-order valence-corrected chi connectivity index (χ2v) is 1.15. The van der Waals surface area contributed by atoms with Gasteiger partial charge in [0.15, 0.2) is 0 Å². The van der Waals surface area contributed by atoms with Gasteiger partial charge in [0.1, 0.15) is 0 Å². The fourth-order valence-corrected chi connectivity index (χ4v) is 0. The van der Waals surface area contributed by atoms with E-state index in [0.29, 0.717) is 0 Å². The number of hydrogen-bond acceptors (Lipinski definition) is 6. The molecule has 0 aliphatic carbocycles. The number of carboxylic acids is 2. The Labute approximate surface area is 127 Å². The molecule has 0 rings (SSSR count). The maximum Gasteiger partial charge on any atom is 1.00 e. The minimum Gasteiger partial charge on any atom is 0 e. The molecule has 0 bridgehead atoms. The Morgan fingerprint density at radius 2 is 1.14 bits per heavy atom. The quantitative estimate of drug-likeness (QED) is 0.483. The van der Waals surface area contributed by atoms with Crippen molar-refractivity contribution in [2.75, 3.05) is 13.1 Å². The van der Waals surface area contributed by atoms with Crippen molar-refractivity contribution in [3.63, 3.8) is 0 Å². The molecule has 6 nitrogen and oxygen atoms in total. The molecule has 0 saturated carbocycles. The van der Waals surface area contributed by atoms with E-state index in [1.165, 1.54) is 0 Å². The molecule has 0 aromatic carbocycles. The van der Waals surface area contributed by atoms with Crippen molar-refractivity contribution in [1.82, 2.24) is 0 Å². The van der Waals surface area contributed by atoms with Crippen molar-refractivity contribution >= 4 is 22.0 Å². The van der Waals surface area contributed by atoms with Crippen LogP contribution in [0.15, 0.2) is 0 Å². The molecule has 14 heavy (non-hydrogen) atoms. The molecule has 0 aromatic rings. The molecular weight excluding hydrogens is 326 g/mol. The SMILES string of the molecule is NCC(=O)[O-].NCC(=O)[O-].[Cl][Cu].[Cu].[Na+]. The van der Waals surface area contributed by atoms with Crippen LogP contribution in [0.1, 0.15) is 0 Å². The maximum atomic E-state index is 9.13. The second kappa shape index (κ2) is 29.2. The molecule has 89 valence electrons. The predicted octanol–water partition coefficient (Wildman–Crippen LogP) is -6.92. The van der Waals surface area contributed by atoms with Crippen molar-refractivity contribution in [1.29, 1.82) is 0 Å². The monoisotopic (exact) mass is 332 g/mol. The molecule has 1 radical (unpaired) electrons. The first-order chi connectivity index (χ1) is 5.54. The van der Waals surface area contributed by atoms with Gasteiger partial charge in [-0.1, -0.05) is 0 Å². The van der Waals surface area contributed by atoms with E-state index in [9.17, 15) is 0 Å². The number of carboxylic acid groups (broad SMARTS) is 2. The van der Waals surface area contributed by atoms with Gasteiger partial charge in [-0.2, -0.15) is 0 Å². The summed E-state index contributed by atoms with van der Waals surface area (Å²) in [5.41, 5.74) is 9.02. The van der Waals surface area contributed by atoms with E-state index in [-0.39, 0.29) is 59.7 Å². The van der Waals surface area contributed by atoms with Crippen LogP contribution in [-0.4, -0.2) is 25.0 Å². The molecular formula is C4H8ClCu2N2NaO4-. The fraction of sp³-hybridized carbons (Fsp3) is 0.500. The Hall–Kier alpha value is 1.19. The number of hydrogen-bond donors (Lipinski definition) is 2. The van der Waals surface area contributed by atoms with E-state index in [1.807, 2.05) is 0 Å². The Morgan fingerprint density at radius 1 is 1.07 bits per heavy atom. The smallest absolute Gasteiger partial charge is 0 e. The van der Waals surface area contributed by atoms with E-state index >= 15 is 0 Å². The van der Waals surface area contributed by atoms with Gasteiger partial charge in [0, 0.05) is 30.2 Å². The Kier molecular flexibility index (Phi) is 61.5. The normalized spacial score (nSPS) is 5.79. The first-order valence-corrected chi connectivity index (χ1v) is 3.75. The van der Waals surface area contributed by atoms with Crippen molar-refractivity contribution in [2.24, 2.45) is 11.5 Å². The van der Waals surface area contributed by atoms with Crippen LogP contribution in [0.25, 0.3) is 0 Å². The summed E-state index contributed by atoms with van der Waals surface area (Å²) in [6, 6.07) is 0. The topological polar surface area (TPSA) is 132 Å². The van der Waals surface area contributed by atoms with Crippen LogP contribution in [0, 0.1) is 0 Å². The van der Waals surface area contributed by atoms with Crippen LogP contribution in [0.2, 0.25) is 0 Å². The molecule has 0 heterocycles. The van der Waals surface area contributed by atoms with E-state index in [1.54, 1.807) is 0 Å². The van der Waals surface area contributed by atoms with Crippen molar-refractivity contribution in [3.8, 4) is 0 Å². The van der Waals surface area contributed by atoms with Crippen LogP contribution in [-0.2, 0) is 41.8 Å². The summed E-state index contributed by atoms with van der Waals surface area (Å²) in [6.45, 7) is -0.778.